The van der Waals surface area contributed by atoms with Crippen molar-refractivity contribution in [3.63, 3.8) is 0 Å². The number of hydrogen-bond donors (Lipinski definition) is 0. The summed E-state index contributed by atoms with van der Waals surface area (Å²) in [6.07, 6.45) is 5.95. The summed E-state index contributed by atoms with van der Waals surface area (Å²) in [7, 11) is 2.02. The van der Waals surface area contributed by atoms with E-state index < -0.39 is 0 Å². The molecule has 1 saturated carbocycles. The van der Waals surface area contributed by atoms with Gasteiger partial charge in [-0.05, 0) is 49.9 Å². The molecule has 1 aromatic carbocycles. The van der Waals surface area contributed by atoms with Gasteiger partial charge in [-0.3, -0.25) is 4.79 Å². The molecule has 0 aromatic heterocycles. The van der Waals surface area contributed by atoms with Gasteiger partial charge < -0.3 is 4.90 Å². The fourth-order valence-electron chi connectivity index (χ4n) is 3.05. The summed E-state index contributed by atoms with van der Waals surface area (Å²) in [6, 6.07) is 6.47. The zero-order valence-corrected chi connectivity index (χ0v) is 12.4. The Balaban J connectivity index is 1.99. The zero-order chi connectivity index (χ0) is 13.8. The Morgan fingerprint density at radius 2 is 1.68 bits per heavy atom. The van der Waals surface area contributed by atoms with Crippen molar-refractivity contribution in [1.82, 2.24) is 0 Å². The predicted molar refractivity (Wildman–Crippen MR) is 80.8 cm³/mol. The van der Waals surface area contributed by atoms with Crippen LogP contribution in [0.3, 0.4) is 0 Å². The first-order chi connectivity index (χ1) is 9.06. The molecule has 0 atom stereocenters. The minimum absolute atomic E-state index is 0.308. The third-order valence-corrected chi connectivity index (χ3v) is 4.10. The second-order valence-electron chi connectivity index (χ2n) is 6.00. The van der Waals surface area contributed by atoms with Crippen LogP contribution in [0.1, 0.15) is 43.2 Å². The Morgan fingerprint density at radius 3 is 2.26 bits per heavy atom. The van der Waals surface area contributed by atoms with Crippen LogP contribution in [0.5, 0.6) is 0 Å². The van der Waals surface area contributed by atoms with Gasteiger partial charge in [0.05, 0.1) is 6.54 Å². The highest BCUT2D eigenvalue weighted by Crippen LogP contribution is 2.25. The van der Waals surface area contributed by atoms with Crippen LogP contribution in [0.2, 0.25) is 0 Å². The maximum absolute atomic E-state index is 12.3. The summed E-state index contributed by atoms with van der Waals surface area (Å²) >= 11 is 0. The Kier molecular flexibility index (Phi) is 4.62. The fraction of sp³-hybridized carbons (Fsp3) is 0.588. The van der Waals surface area contributed by atoms with Gasteiger partial charge in [-0.25, -0.2) is 0 Å². The molecule has 0 radical (unpaired) electrons. The number of benzene rings is 1. The van der Waals surface area contributed by atoms with E-state index in [1.165, 1.54) is 30.4 Å². The number of aryl methyl sites for hydroxylation is 2. The molecule has 104 valence electrons. The summed E-state index contributed by atoms with van der Waals surface area (Å²) in [5.41, 5.74) is 3.67. The van der Waals surface area contributed by atoms with E-state index in [1.807, 2.05) is 7.05 Å². The van der Waals surface area contributed by atoms with Crippen LogP contribution < -0.4 is 4.90 Å². The molecule has 19 heavy (non-hydrogen) atoms. The first kappa shape index (κ1) is 14.1. The van der Waals surface area contributed by atoms with E-state index >= 15 is 0 Å². The van der Waals surface area contributed by atoms with Crippen molar-refractivity contribution in [3.8, 4) is 0 Å². The largest absolute Gasteiger partial charge is 0.367 e. The zero-order valence-electron chi connectivity index (χ0n) is 12.4. The minimum atomic E-state index is 0.308. The van der Waals surface area contributed by atoms with Gasteiger partial charge in [0.15, 0.2) is 5.78 Å². The highest BCUT2D eigenvalue weighted by Gasteiger charge is 2.22. The maximum Gasteiger partial charge on any atom is 0.155 e. The lowest BCUT2D eigenvalue weighted by atomic mass is 9.86. The monoisotopic (exact) mass is 259 g/mol. The standard InChI is InChI=1S/C17H25NO/c1-13-9-14(2)11-16(10-13)18(3)12-17(19)15-7-5-4-6-8-15/h9-11,15H,4-8,12H2,1-3H3. The van der Waals surface area contributed by atoms with Crippen molar-refractivity contribution in [1.29, 1.82) is 0 Å². The lowest BCUT2D eigenvalue weighted by Gasteiger charge is -2.25. The molecule has 2 heteroatoms. The molecular formula is C17H25NO. The average molecular weight is 259 g/mol. The Hall–Kier alpha value is -1.31. The van der Waals surface area contributed by atoms with E-state index in [1.54, 1.807) is 0 Å². The van der Waals surface area contributed by atoms with Crippen molar-refractivity contribution in [2.75, 3.05) is 18.5 Å². The lowest BCUT2D eigenvalue weighted by Crippen LogP contribution is -2.31. The van der Waals surface area contributed by atoms with Crippen LogP contribution in [-0.2, 0) is 4.79 Å². The van der Waals surface area contributed by atoms with Crippen molar-refractivity contribution in [2.45, 2.75) is 46.0 Å². The molecule has 0 N–H and O–H groups in total. The maximum atomic E-state index is 12.3. The Morgan fingerprint density at radius 1 is 1.11 bits per heavy atom. The molecule has 0 heterocycles. The summed E-state index contributed by atoms with van der Waals surface area (Å²) in [6.45, 7) is 4.76. The summed E-state index contributed by atoms with van der Waals surface area (Å²) in [5, 5.41) is 0. The molecule has 0 saturated heterocycles. The molecule has 0 unspecified atom stereocenters. The van der Waals surface area contributed by atoms with Crippen molar-refractivity contribution < 1.29 is 4.79 Å². The van der Waals surface area contributed by atoms with E-state index in [0.717, 1.165) is 18.5 Å². The first-order valence-electron chi connectivity index (χ1n) is 7.38. The number of ketones is 1. The third kappa shape index (κ3) is 3.82. The lowest BCUT2D eigenvalue weighted by molar-refractivity contribution is -0.122. The first-order valence-corrected chi connectivity index (χ1v) is 7.38. The number of likely N-dealkylation sites (N-methyl/N-ethyl adjacent to an activating group) is 1. The van der Waals surface area contributed by atoms with Crippen LogP contribution in [-0.4, -0.2) is 19.4 Å². The van der Waals surface area contributed by atoms with E-state index in [4.69, 9.17) is 0 Å². The Bertz CT molecular complexity index is 426. The van der Waals surface area contributed by atoms with E-state index in [9.17, 15) is 4.79 Å². The van der Waals surface area contributed by atoms with E-state index in [-0.39, 0.29) is 0 Å². The van der Waals surface area contributed by atoms with Crippen molar-refractivity contribution in [3.05, 3.63) is 29.3 Å². The molecule has 1 aliphatic rings. The van der Waals surface area contributed by atoms with Crippen LogP contribution in [0.25, 0.3) is 0 Å². The fourth-order valence-corrected chi connectivity index (χ4v) is 3.05. The molecular weight excluding hydrogens is 234 g/mol. The van der Waals surface area contributed by atoms with Crippen LogP contribution in [0, 0.1) is 19.8 Å². The smallest absolute Gasteiger partial charge is 0.155 e. The molecule has 1 aromatic rings. The number of carbonyl (C=O) groups excluding carboxylic acids is 1. The van der Waals surface area contributed by atoms with Gasteiger partial charge in [0.2, 0.25) is 0 Å². The second-order valence-corrected chi connectivity index (χ2v) is 6.00. The normalized spacial score (nSPS) is 16.4. The summed E-state index contributed by atoms with van der Waals surface area (Å²) in [5.74, 6) is 0.725. The third-order valence-electron chi connectivity index (χ3n) is 4.10. The summed E-state index contributed by atoms with van der Waals surface area (Å²) in [4.78, 5) is 14.4. The van der Waals surface area contributed by atoms with Gasteiger partial charge in [-0.2, -0.15) is 0 Å². The minimum Gasteiger partial charge on any atom is -0.367 e. The van der Waals surface area contributed by atoms with Gasteiger partial charge >= 0.3 is 0 Å². The van der Waals surface area contributed by atoms with Crippen LogP contribution >= 0.6 is 0 Å². The number of carbonyl (C=O) groups is 1. The van der Waals surface area contributed by atoms with Gasteiger partial charge in [0.1, 0.15) is 0 Å². The molecule has 0 aliphatic heterocycles. The molecule has 2 nitrogen and oxygen atoms in total. The second kappa shape index (κ2) is 6.23. The van der Waals surface area contributed by atoms with E-state index in [0.29, 0.717) is 18.2 Å². The Labute approximate surface area is 116 Å². The quantitative estimate of drug-likeness (QED) is 0.817. The topological polar surface area (TPSA) is 20.3 Å². The van der Waals surface area contributed by atoms with Gasteiger partial charge in [0.25, 0.3) is 0 Å². The van der Waals surface area contributed by atoms with Crippen LogP contribution in [0.15, 0.2) is 18.2 Å². The highest BCUT2D eigenvalue weighted by molar-refractivity contribution is 5.85. The van der Waals surface area contributed by atoms with Gasteiger partial charge in [-0.1, -0.05) is 25.3 Å². The molecule has 2 rings (SSSR count). The predicted octanol–water partition coefficient (Wildman–Crippen LogP) is 3.89. The molecule has 1 fully saturated rings. The van der Waals surface area contributed by atoms with Gasteiger partial charge in [0, 0.05) is 18.7 Å². The number of nitrogens with zero attached hydrogens (tertiary/aromatic N) is 1. The van der Waals surface area contributed by atoms with Crippen LogP contribution in [0.4, 0.5) is 5.69 Å². The summed E-state index contributed by atoms with van der Waals surface area (Å²) < 4.78 is 0. The van der Waals surface area contributed by atoms with Gasteiger partial charge in [-0.15, -0.1) is 0 Å². The molecule has 0 spiro atoms. The molecule has 1 aliphatic carbocycles. The number of anilines is 1. The number of Topliss-reactive ketones (excluding diaryl/α,β-unsaturated/α-hetero) is 1. The van der Waals surface area contributed by atoms with Crippen molar-refractivity contribution >= 4 is 11.5 Å². The SMILES string of the molecule is Cc1cc(C)cc(N(C)CC(=O)C2CCCCC2)c1. The highest BCUT2D eigenvalue weighted by atomic mass is 16.1. The van der Waals surface area contributed by atoms with E-state index in [2.05, 4.69) is 36.9 Å². The van der Waals surface area contributed by atoms with Crippen molar-refractivity contribution in [2.24, 2.45) is 5.92 Å². The molecule has 0 amide bonds. The molecule has 0 bridgehead atoms. The number of hydrogen-bond acceptors (Lipinski definition) is 2. The average Bonchev–Trinajstić information content (AvgIpc) is 2.38. The number of rotatable bonds is 4.